The zero-order valence-electron chi connectivity index (χ0n) is 13.1. The molecule has 0 aromatic carbocycles. The highest BCUT2D eigenvalue weighted by atomic mass is 16.5. The van der Waals surface area contributed by atoms with E-state index in [4.69, 9.17) is 4.74 Å². The summed E-state index contributed by atoms with van der Waals surface area (Å²) in [5.41, 5.74) is 0. The van der Waals surface area contributed by atoms with Crippen molar-refractivity contribution < 1.29 is 14.3 Å². The molecule has 0 aliphatic heterocycles. The first-order valence-electron chi connectivity index (χ1n) is 8.29. The molecule has 0 saturated heterocycles. The molecule has 0 heterocycles. The van der Waals surface area contributed by atoms with Gasteiger partial charge >= 0.3 is 5.97 Å². The molecule has 21 heavy (non-hydrogen) atoms. The van der Waals surface area contributed by atoms with Gasteiger partial charge in [0.1, 0.15) is 0 Å². The summed E-state index contributed by atoms with van der Waals surface area (Å²) < 4.78 is 4.76. The average Bonchev–Trinajstić information content (AvgIpc) is 3.01. The van der Waals surface area contributed by atoms with Crippen LogP contribution >= 0.6 is 0 Å². The van der Waals surface area contributed by atoms with Gasteiger partial charge in [-0.05, 0) is 25.7 Å². The van der Waals surface area contributed by atoms with E-state index in [0.717, 1.165) is 25.7 Å². The lowest BCUT2D eigenvalue weighted by molar-refractivity contribution is -0.143. The first-order chi connectivity index (χ1) is 10.2. The molecule has 0 spiro atoms. The molecule has 1 amide bonds. The molecule has 1 N–H and O–H groups in total. The number of carbonyl (C=O) groups excluding carboxylic acids is 2. The van der Waals surface area contributed by atoms with Crippen molar-refractivity contribution in [1.29, 1.82) is 0 Å². The Hall–Kier alpha value is -1.10. The summed E-state index contributed by atoms with van der Waals surface area (Å²) in [6.07, 6.45) is 10.4. The van der Waals surface area contributed by atoms with Gasteiger partial charge in [-0.2, -0.15) is 0 Å². The fourth-order valence-electron chi connectivity index (χ4n) is 3.52. The standard InChI is InChI=1S/C16H28N2O3/c1-21-16(20)12-18(14-9-5-6-10-14)11-15(19)17-13-7-3-2-4-8-13/h13-14H,2-12H2,1H3,(H,17,19). The molecule has 0 aromatic rings. The zero-order chi connectivity index (χ0) is 15.1. The van der Waals surface area contributed by atoms with Gasteiger partial charge in [0.25, 0.3) is 0 Å². The fourth-order valence-corrected chi connectivity index (χ4v) is 3.52. The van der Waals surface area contributed by atoms with E-state index in [1.807, 2.05) is 4.90 Å². The van der Waals surface area contributed by atoms with Gasteiger partial charge in [0.15, 0.2) is 0 Å². The van der Waals surface area contributed by atoms with E-state index in [-0.39, 0.29) is 18.4 Å². The van der Waals surface area contributed by atoms with E-state index < -0.39 is 0 Å². The van der Waals surface area contributed by atoms with E-state index in [9.17, 15) is 9.59 Å². The van der Waals surface area contributed by atoms with Crippen LogP contribution < -0.4 is 5.32 Å². The summed E-state index contributed by atoms with van der Waals surface area (Å²) in [6.45, 7) is 0.537. The monoisotopic (exact) mass is 296 g/mol. The average molecular weight is 296 g/mol. The number of rotatable bonds is 6. The van der Waals surface area contributed by atoms with Gasteiger partial charge in [-0.3, -0.25) is 14.5 Å². The summed E-state index contributed by atoms with van der Waals surface area (Å²) >= 11 is 0. The molecular formula is C16H28N2O3. The Kier molecular flexibility index (Phi) is 6.49. The van der Waals surface area contributed by atoms with Crippen molar-refractivity contribution >= 4 is 11.9 Å². The number of hydrogen-bond acceptors (Lipinski definition) is 4. The molecule has 0 atom stereocenters. The van der Waals surface area contributed by atoms with E-state index in [0.29, 0.717) is 18.6 Å². The molecule has 0 unspecified atom stereocenters. The van der Waals surface area contributed by atoms with Crippen LogP contribution in [-0.2, 0) is 14.3 Å². The summed E-state index contributed by atoms with van der Waals surface area (Å²) in [5.74, 6) is -0.204. The van der Waals surface area contributed by atoms with E-state index >= 15 is 0 Å². The fraction of sp³-hybridized carbons (Fsp3) is 0.875. The lowest BCUT2D eigenvalue weighted by atomic mass is 9.95. The Morgan fingerprint density at radius 2 is 1.62 bits per heavy atom. The first-order valence-corrected chi connectivity index (χ1v) is 8.29. The Morgan fingerprint density at radius 3 is 2.24 bits per heavy atom. The largest absolute Gasteiger partial charge is 0.468 e. The van der Waals surface area contributed by atoms with Gasteiger partial charge in [-0.1, -0.05) is 32.1 Å². The molecule has 120 valence electrons. The van der Waals surface area contributed by atoms with E-state index in [1.54, 1.807) is 0 Å². The quantitative estimate of drug-likeness (QED) is 0.760. The van der Waals surface area contributed by atoms with Crippen LogP contribution in [0.3, 0.4) is 0 Å². The molecule has 2 aliphatic rings. The SMILES string of the molecule is COC(=O)CN(CC(=O)NC1CCCCC1)C1CCCC1. The minimum atomic E-state index is -0.257. The summed E-state index contributed by atoms with van der Waals surface area (Å²) in [5, 5.41) is 3.13. The first kappa shape index (κ1) is 16.3. The maximum Gasteiger partial charge on any atom is 0.319 e. The molecular weight excluding hydrogens is 268 g/mol. The highest BCUT2D eigenvalue weighted by Crippen LogP contribution is 2.23. The maximum atomic E-state index is 12.2. The van der Waals surface area contributed by atoms with Crippen LogP contribution in [0.4, 0.5) is 0 Å². The Morgan fingerprint density at radius 1 is 1.00 bits per heavy atom. The second kappa shape index (κ2) is 8.37. The van der Waals surface area contributed by atoms with Gasteiger partial charge in [0.05, 0.1) is 20.2 Å². The third-order valence-corrected chi connectivity index (χ3v) is 4.72. The van der Waals surface area contributed by atoms with Crippen molar-refractivity contribution in [3.63, 3.8) is 0 Å². The molecule has 5 heteroatoms. The number of nitrogens with one attached hydrogen (secondary N) is 1. The van der Waals surface area contributed by atoms with Crippen LogP contribution in [0.15, 0.2) is 0 Å². The molecule has 2 rings (SSSR count). The van der Waals surface area contributed by atoms with Gasteiger partial charge in [0, 0.05) is 12.1 Å². The van der Waals surface area contributed by atoms with Crippen molar-refractivity contribution in [2.45, 2.75) is 69.9 Å². The van der Waals surface area contributed by atoms with Gasteiger partial charge in [-0.15, -0.1) is 0 Å². The summed E-state index contributed by atoms with van der Waals surface area (Å²) in [7, 11) is 1.40. The Labute approximate surface area is 127 Å². The van der Waals surface area contributed by atoms with Crippen LogP contribution in [0.1, 0.15) is 57.8 Å². The molecule has 2 aliphatic carbocycles. The topological polar surface area (TPSA) is 58.6 Å². The smallest absolute Gasteiger partial charge is 0.319 e. The van der Waals surface area contributed by atoms with Crippen molar-refractivity contribution in [2.75, 3.05) is 20.2 Å². The lowest BCUT2D eigenvalue weighted by Crippen LogP contribution is -2.47. The molecule has 0 radical (unpaired) electrons. The Bertz CT molecular complexity index is 347. The second-order valence-corrected chi connectivity index (χ2v) is 6.32. The summed E-state index contributed by atoms with van der Waals surface area (Å²) in [6, 6.07) is 0.677. The predicted octanol–water partition coefficient (Wildman–Crippen LogP) is 1.85. The van der Waals surface area contributed by atoms with Crippen LogP contribution in [0.25, 0.3) is 0 Å². The number of methoxy groups -OCH3 is 1. The third-order valence-electron chi connectivity index (χ3n) is 4.72. The third kappa shape index (κ3) is 5.30. The lowest BCUT2D eigenvalue weighted by Gasteiger charge is -2.29. The molecule has 5 nitrogen and oxygen atoms in total. The number of nitrogens with zero attached hydrogens (tertiary/aromatic N) is 1. The number of amides is 1. The number of ether oxygens (including phenoxy) is 1. The molecule has 0 aromatic heterocycles. The van der Waals surface area contributed by atoms with E-state index in [2.05, 4.69) is 5.32 Å². The second-order valence-electron chi connectivity index (χ2n) is 6.32. The van der Waals surface area contributed by atoms with Gasteiger partial charge in [-0.25, -0.2) is 0 Å². The van der Waals surface area contributed by atoms with Crippen molar-refractivity contribution in [3.05, 3.63) is 0 Å². The number of carbonyl (C=O) groups is 2. The number of hydrogen-bond donors (Lipinski definition) is 1. The summed E-state index contributed by atoms with van der Waals surface area (Å²) in [4.78, 5) is 25.8. The maximum absolute atomic E-state index is 12.2. The van der Waals surface area contributed by atoms with Crippen LogP contribution in [0.2, 0.25) is 0 Å². The van der Waals surface area contributed by atoms with Crippen molar-refractivity contribution in [1.82, 2.24) is 10.2 Å². The molecule has 2 saturated carbocycles. The van der Waals surface area contributed by atoms with Crippen LogP contribution in [0.5, 0.6) is 0 Å². The van der Waals surface area contributed by atoms with Gasteiger partial charge < -0.3 is 10.1 Å². The van der Waals surface area contributed by atoms with Gasteiger partial charge in [0.2, 0.25) is 5.91 Å². The number of esters is 1. The minimum Gasteiger partial charge on any atom is -0.468 e. The van der Waals surface area contributed by atoms with Crippen LogP contribution in [0, 0.1) is 0 Å². The normalized spacial score (nSPS) is 20.7. The van der Waals surface area contributed by atoms with Crippen molar-refractivity contribution in [2.24, 2.45) is 0 Å². The Balaban J connectivity index is 1.83. The zero-order valence-corrected chi connectivity index (χ0v) is 13.1. The molecule has 0 bridgehead atoms. The highest BCUT2D eigenvalue weighted by Gasteiger charge is 2.27. The molecule has 2 fully saturated rings. The van der Waals surface area contributed by atoms with Crippen LogP contribution in [-0.4, -0.2) is 49.1 Å². The van der Waals surface area contributed by atoms with E-state index in [1.165, 1.54) is 39.2 Å². The highest BCUT2D eigenvalue weighted by molar-refractivity contribution is 5.79. The predicted molar refractivity (Wildman–Crippen MR) is 80.9 cm³/mol. The van der Waals surface area contributed by atoms with Crippen molar-refractivity contribution in [3.8, 4) is 0 Å². The minimum absolute atomic E-state index is 0.0534.